The summed E-state index contributed by atoms with van der Waals surface area (Å²) in [5.41, 5.74) is 3.65. The van der Waals surface area contributed by atoms with Crippen LogP contribution in [0, 0.1) is 13.8 Å². The number of carbonyl (C=O) groups excluding carboxylic acids is 2. The molecule has 2 amide bonds. The first kappa shape index (κ1) is 31.2. The quantitative estimate of drug-likeness (QED) is 0.277. The second-order valence-electron chi connectivity index (χ2n) is 10.1. The summed E-state index contributed by atoms with van der Waals surface area (Å²) in [6.45, 7) is 5.83. The lowest BCUT2D eigenvalue weighted by molar-refractivity contribution is -0.140. The first-order valence-corrected chi connectivity index (χ1v) is 15.6. The molecule has 0 saturated heterocycles. The molecular weight excluding hydrogens is 546 g/mol. The zero-order chi connectivity index (χ0) is 29.3. The highest BCUT2D eigenvalue weighted by atomic mass is 35.5. The van der Waals surface area contributed by atoms with Crippen molar-refractivity contribution in [3.63, 3.8) is 0 Å². The molecule has 9 heteroatoms. The third-order valence-electron chi connectivity index (χ3n) is 6.66. The van der Waals surface area contributed by atoms with E-state index in [4.69, 9.17) is 11.6 Å². The molecule has 1 N–H and O–H groups in total. The van der Waals surface area contributed by atoms with E-state index >= 15 is 0 Å². The number of hydrogen-bond donors (Lipinski definition) is 1. The number of halogens is 1. The van der Waals surface area contributed by atoms with Gasteiger partial charge < -0.3 is 10.2 Å². The molecule has 3 aromatic carbocycles. The maximum Gasteiger partial charge on any atom is 0.244 e. The fraction of sp³-hybridized carbons (Fsp3) is 0.355. The molecule has 0 aliphatic rings. The Balaban J connectivity index is 2.06. The lowest BCUT2D eigenvalue weighted by Crippen LogP contribution is -2.53. The predicted octanol–water partition coefficient (Wildman–Crippen LogP) is 5.28. The number of nitrogens with zero attached hydrogens (tertiary/aromatic N) is 2. The van der Waals surface area contributed by atoms with Gasteiger partial charge in [-0.2, -0.15) is 0 Å². The predicted molar refractivity (Wildman–Crippen MR) is 162 cm³/mol. The minimum Gasteiger partial charge on any atom is -0.354 e. The van der Waals surface area contributed by atoms with E-state index in [9.17, 15) is 18.0 Å². The van der Waals surface area contributed by atoms with E-state index in [0.717, 1.165) is 45.7 Å². The summed E-state index contributed by atoms with van der Waals surface area (Å²) in [5, 5.41) is 3.48. The van der Waals surface area contributed by atoms with E-state index in [1.54, 1.807) is 31.2 Å². The Kier molecular flexibility index (Phi) is 11.2. The summed E-state index contributed by atoms with van der Waals surface area (Å²) in [4.78, 5) is 29.2. The Labute approximate surface area is 243 Å². The number of aryl methyl sites for hydroxylation is 2. The average molecular weight is 584 g/mol. The fourth-order valence-electron chi connectivity index (χ4n) is 4.48. The van der Waals surface area contributed by atoms with E-state index < -0.39 is 28.5 Å². The summed E-state index contributed by atoms with van der Waals surface area (Å²) >= 11 is 6.25. The van der Waals surface area contributed by atoms with Crippen molar-refractivity contribution in [3.05, 3.63) is 100 Å². The van der Waals surface area contributed by atoms with Crippen LogP contribution in [0.15, 0.2) is 72.8 Å². The van der Waals surface area contributed by atoms with Crippen molar-refractivity contribution in [2.24, 2.45) is 0 Å². The zero-order valence-corrected chi connectivity index (χ0v) is 25.1. The van der Waals surface area contributed by atoms with Crippen molar-refractivity contribution < 1.29 is 18.0 Å². The largest absolute Gasteiger partial charge is 0.354 e. The van der Waals surface area contributed by atoms with Crippen LogP contribution in [-0.2, 0) is 32.6 Å². The topological polar surface area (TPSA) is 86.8 Å². The number of benzene rings is 3. The highest BCUT2D eigenvalue weighted by Gasteiger charge is 2.33. The summed E-state index contributed by atoms with van der Waals surface area (Å²) in [6.07, 6.45) is 3.07. The van der Waals surface area contributed by atoms with Gasteiger partial charge in [0.2, 0.25) is 21.8 Å². The summed E-state index contributed by atoms with van der Waals surface area (Å²) < 4.78 is 27.1. The summed E-state index contributed by atoms with van der Waals surface area (Å²) in [5.74, 6) is -0.775. The number of amides is 2. The third-order valence-corrected chi connectivity index (χ3v) is 8.02. The first-order valence-electron chi connectivity index (χ1n) is 13.4. The SMILES string of the molecule is CCCCNC(=O)[C@H](Cc1ccccc1)N(Cc1cccc(Cl)c1)C(=O)CN(c1cc(C)ccc1C)S(C)(=O)=O. The van der Waals surface area contributed by atoms with E-state index in [1.807, 2.05) is 62.4 Å². The molecule has 0 saturated carbocycles. The monoisotopic (exact) mass is 583 g/mol. The van der Waals surface area contributed by atoms with Gasteiger partial charge in [-0.25, -0.2) is 8.42 Å². The highest BCUT2D eigenvalue weighted by Crippen LogP contribution is 2.25. The van der Waals surface area contributed by atoms with Crippen molar-refractivity contribution in [1.82, 2.24) is 10.2 Å². The normalized spacial score (nSPS) is 12.0. The molecule has 0 heterocycles. The molecular formula is C31H38ClN3O4S. The fourth-order valence-corrected chi connectivity index (χ4v) is 5.59. The molecule has 1 atom stereocenters. The molecule has 0 aliphatic heterocycles. The molecule has 0 unspecified atom stereocenters. The molecule has 40 heavy (non-hydrogen) atoms. The van der Waals surface area contributed by atoms with Crippen molar-refractivity contribution in [1.29, 1.82) is 0 Å². The van der Waals surface area contributed by atoms with Crippen LogP contribution >= 0.6 is 11.6 Å². The number of sulfonamides is 1. The van der Waals surface area contributed by atoms with Gasteiger partial charge in [-0.3, -0.25) is 13.9 Å². The average Bonchev–Trinajstić information content (AvgIpc) is 2.90. The van der Waals surface area contributed by atoms with Crippen LogP contribution in [0.25, 0.3) is 0 Å². The minimum absolute atomic E-state index is 0.0858. The van der Waals surface area contributed by atoms with Gasteiger partial charge in [0.05, 0.1) is 11.9 Å². The molecule has 0 fully saturated rings. The van der Waals surface area contributed by atoms with Crippen molar-refractivity contribution in [2.75, 3.05) is 23.7 Å². The third kappa shape index (κ3) is 8.83. The Hall–Kier alpha value is -3.36. The van der Waals surface area contributed by atoms with Gasteiger partial charge in [-0.15, -0.1) is 0 Å². The zero-order valence-electron chi connectivity index (χ0n) is 23.6. The summed E-state index contributed by atoms with van der Waals surface area (Å²) in [6, 6.07) is 21.2. The minimum atomic E-state index is -3.82. The van der Waals surface area contributed by atoms with Gasteiger partial charge in [0.15, 0.2) is 0 Å². The Morgan fingerprint density at radius 2 is 1.65 bits per heavy atom. The molecule has 3 rings (SSSR count). The molecule has 7 nitrogen and oxygen atoms in total. The van der Waals surface area contributed by atoms with Gasteiger partial charge in [0.25, 0.3) is 0 Å². The number of unbranched alkanes of at least 4 members (excludes halogenated alkanes) is 1. The molecule has 0 spiro atoms. The Morgan fingerprint density at radius 3 is 2.30 bits per heavy atom. The van der Waals surface area contributed by atoms with E-state index in [1.165, 1.54) is 4.90 Å². The van der Waals surface area contributed by atoms with Crippen LogP contribution in [-0.4, -0.2) is 50.5 Å². The van der Waals surface area contributed by atoms with E-state index in [2.05, 4.69) is 5.32 Å². The van der Waals surface area contributed by atoms with Gasteiger partial charge in [0.1, 0.15) is 12.6 Å². The second-order valence-corrected chi connectivity index (χ2v) is 12.4. The van der Waals surface area contributed by atoms with Gasteiger partial charge in [-0.1, -0.05) is 79.5 Å². The molecule has 0 radical (unpaired) electrons. The van der Waals surface area contributed by atoms with E-state index in [-0.39, 0.29) is 18.9 Å². The Bertz CT molecular complexity index is 1410. The number of carbonyl (C=O) groups is 2. The van der Waals surface area contributed by atoms with Crippen LogP contribution in [0.3, 0.4) is 0 Å². The Morgan fingerprint density at radius 1 is 0.950 bits per heavy atom. The van der Waals surface area contributed by atoms with Crippen LogP contribution in [0.5, 0.6) is 0 Å². The lowest BCUT2D eigenvalue weighted by Gasteiger charge is -2.34. The number of anilines is 1. The molecule has 214 valence electrons. The molecule has 0 bridgehead atoms. The molecule has 0 aromatic heterocycles. The lowest BCUT2D eigenvalue weighted by atomic mass is 10.0. The van der Waals surface area contributed by atoms with Crippen LogP contribution in [0.2, 0.25) is 5.02 Å². The maximum atomic E-state index is 14.1. The van der Waals surface area contributed by atoms with Crippen molar-refractivity contribution in [2.45, 2.75) is 52.6 Å². The number of rotatable bonds is 13. The van der Waals surface area contributed by atoms with Crippen molar-refractivity contribution >= 4 is 39.1 Å². The summed E-state index contributed by atoms with van der Waals surface area (Å²) in [7, 11) is -3.82. The van der Waals surface area contributed by atoms with Crippen molar-refractivity contribution in [3.8, 4) is 0 Å². The molecule has 3 aromatic rings. The maximum absolute atomic E-state index is 14.1. The molecule has 0 aliphatic carbocycles. The standard InChI is InChI=1S/C31H38ClN3O4S/c1-5-6-17-33-31(37)29(20-25-11-8-7-9-12-25)34(21-26-13-10-14-27(32)19-26)30(36)22-35(40(4,38)39)28-18-23(2)15-16-24(28)3/h7-16,18-19,29H,5-6,17,20-22H2,1-4H3,(H,33,37)/t29-/m0/s1. The van der Waals surface area contributed by atoms with E-state index in [0.29, 0.717) is 17.3 Å². The van der Waals surface area contributed by atoms with Crippen LogP contribution in [0.4, 0.5) is 5.69 Å². The highest BCUT2D eigenvalue weighted by molar-refractivity contribution is 7.92. The van der Waals surface area contributed by atoms with Gasteiger partial charge in [0, 0.05) is 24.5 Å². The van der Waals surface area contributed by atoms with Crippen LogP contribution < -0.4 is 9.62 Å². The smallest absolute Gasteiger partial charge is 0.244 e. The first-order chi connectivity index (χ1) is 19.0. The van der Waals surface area contributed by atoms with Gasteiger partial charge in [-0.05, 0) is 60.7 Å². The van der Waals surface area contributed by atoms with Gasteiger partial charge >= 0.3 is 0 Å². The second kappa shape index (κ2) is 14.3. The van der Waals surface area contributed by atoms with Crippen LogP contribution in [0.1, 0.15) is 42.0 Å². The number of nitrogens with one attached hydrogen (secondary N) is 1. The number of hydrogen-bond acceptors (Lipinski definition) is 4.